The van der Waals surface area contributed by atoms with Gasteiger partial charge in [-0.3, -0.25) is 33.9 Å². The number of piperidine rings is 3. The van der Waals surface area contributed by atoms with E-state index in [9.17, 15) is 56.4 Å². The first-order valence-electron chi connectivity index (χ1n) is 52.5. The van der Waals surface area contributed by atoms with Gasteiger partial charge in [0, 0.05) is 141 Å². The van der Waals surface area contributed by atoms with Gasteiger partial charge in [-0.1, -0.05) is 15.9 Å². The van der Waals surface area contributed by atoms with Gasteiger partial charge in [-0.2, -0.15) is 4.31 Å². The highest BCUT2D eigenvalue weighted by Gasteiger charge is 2.44. The highest BCUT2D eigenvalue weighted by atomic mass is 79.9. The number of benzene rings is 1. The van der Waals surface area contributed by atoms with E-state index >= 15 is 0 Å². The molecule has 12 saturated heterocycles. The molecule has 0 saturated carbocycles. The zero-order valence-corrected chi connectivity index (χ0v) is 98.6. The first kappa shape index (κ1) is 135. The molecule has 6 atom stereocenters. The number of aryl methyl sites for hydroxylation is 2. The Kier molecular flexibility index (Phi) is 57.7. The molecular weight excluding hydrogens is 2080 g/mol. The number of amides is 7. The van der Waals surface area contributed by atoms with Crippen molar-refractivity contribution in [1.82, 2.24) is 73.3 Å². The van der Waals surface area contributed by atoms with E-state index in [0.29, 0.717) is 92.4 Å². The van der Waals surface area contributed by atoms with Crippen LogP contribution in [0.2, 0.25) is 0 Å². The molecule has 0 aliphatic carbocycles. The average molecular weight is 2270 g/mol. The van der Waals surface area contributed by atoms with Crippen LogP contribution in [0.4, 0.5) is 19.2 Å². The summed E-state index contributed by atoms with van der Waals surface area (Å²) in [5, 5.41) is 20.8. The molecule has 0 unspecified atom stereocenters. The van der Waals surface area contributed by atoms with Crippen molar-refractivity contribution in [1.29, 1.82) is 0 Å². The minimum absolute atomic E-state index is 0. The fraction of sp³-hybridized carbons (Fsp3) is 0.845. The first-order chi connectivity index (χ1) is 68.3. The van der Waals surface area contributed by atoms with Gasteiger partial charge in [-0.25, -0.2) is 37.2 Å². The minimum atomic E-state index is -3.64. The molecule has 862 valence electrons. The Bertz CT molecular complexity index is 4320. The van der Waals surface area contributed by atoms with Crippen LogP contribution in [0.3, 0.4) is 0 Å². The molecule has 12 fully saturated rings. The molecule has 0 bridgehead atoms. The van der Waals surface area contributed by atoms with E-state index in [-0.39, 0.29) is 179 Å². The molecule has 41 nitrogen and oxygen atoms in total. The summed E-state index contributed by atoms with van der Waals surface area (Å²) >= 11 is 2.99. The number of carbonyl (C=O) groups is 10. The van der Waals surface area contributed by atoms with Crippen LogP contribution in [-0.4, -0.2) is 498 Å². The number of hydrogen-bond acceptors (Lipinski definition) is 32. The summed E-state index contributed by atoms with van der Waals surface area (Å²) < 4.78 is 91.8. The molecule has 46 heteroatoms. The number of alkyl halides is 1. The topological polar surface area (TPSA) is 413 Å². The molecule has 12 heterocycles. The number of likely N-dealkylation sites (tertiary alicyclic amines) is 7. The smallest absolute Gasteiger partial charge is 0.410 e. The Morgan fingerprint density at radius 1 is 0.362 bits per heavy atom. The van der Waals surface area contributed by atoms with E-state index in [1.165, 1.54) is 75.4 Å². The third-order valence-electron chi connectivity index (χ3n) is 26.8. The molecule has 7 amide bonds. The number of methoxy groups -OCH3 is 1. The first-order valence-corrected chi connectivity index (χ1v) is 55.1. The lowest BCUT2D eigenvalue weighted by molar-refractivity contribution is -0.161. The Morgan fingerprint density at radius 2 is 0.638 bits per heavy atom. The van der Waals surface area contributed by atoms with Crippen molar-refractivity contribution in [2.24, 2.45) is 0 Å². The molecule has 12 aliphatic heterocycles. The van der Waals surface area contributed by atoms with Crippen LogP contribution in [0, 0.1) is 13.8 Å². The summed E-state index contributed by atoms with van der Waals surface area (Å²) in [6.45, 7) is 60.0. The van der Waals surface area contributed by atoms with Crippen molar-refractivity contribution in [2.45, 2.75) is 308 Å². The van der Waals surface area contributed by atoms with Gasteiger partial charge in [-0.15, -0.1) is 37.2 Å². The number of aliphatic carboxylic acids is 1. The zero-order valence-electron chi connectivity index (χ0n) is 93.8. The number of carboxylic acid groups (broad SMARTS) is 1. The summed E-state index contributed by atoms with van der Waals surface area (Å²) in [6.07, 6.45) is 11.4. The molecular formula is C103H185BrCl3N15O26S. The summed E-state index contributed by atoms with van der Waals surface area (Å²) in [5.74, 6) is -0.781. The molecule has 0 spiro atoms. The fourth-order valence-corrected chi connectivity index (χ4v) is 20.4. The second-order valence-electron chi connectivity index (χ2n) is 45.9. The van der Waals surface area contributed by atoms with Gasteiger partial charge in [0.25, 0.3) is 0 Å². The third kappa shape index (κ3) is 48.5. The number of hydrogen-bond donors (Lipinski definition) is 3. The SMILES string of the molecule is CC(C)(C)OC(=O)CBr.CC(C)(C)OC(=O)COC[C@@H]1CCN1C(=O)OC(C)(C)C.CC(C)(C)OC(=O)N1CC[C@H]1CO.CC(C)(C)OC(=O)N1CC[C@H]1COCC(=O)O.CN1CCC(N2CCN(C(=O)COC[C@@H]3CCN3)CC2)CC1.CN1CCC(N2CCN(C(=O)COC[C@@H]3CCN3C(=O)OC(C)(C)C)CC2)CC1.COc1cc(C)c(S(=O)(=O)N2CC[C@H]2COCC(=O)N2CCN(C3CCN(C)CC3)CC2)c(C)c1.Cl.Cl.Cl. The van der Waals surface area contributed by atoms with Gasteiger partial charge in [0.15, 0.2) is 0 Å². The van der Waals surface area contributed by atoms with Crippen LogP contribution in [0.5, 0.6) is 5.75 Å². The second-order valence-corrected chi connectivity index (χ2v) is 48.3. The Labute approximate surface area is 915 Å². The van der Waals surface area contributed by atoms with Gasteiger partial charge in [0.2, 0.25) is 27.7 Å². The van der Waals surface area contributed by atoms with Crippen LogP contribution in [0.1, 0.15) is 213 Å². The number of carboxylic acids is 1. The predicted octanol–water partition coefficient (Wildman–Crippen LogP) is 9.61. The number of sulfonamides is 1. The molecule has 13 rings (SSSR count). The van der Waals surface area contributed by atoms with Crippen LogP contribution >= 0.6 is 53.2 Å². The van der Waals surface area contributed by atoms with E-state index in [1.807, 2.05) is 97.8 Å². The van der Waals surface area contributed by atoms with E-state index in [0.717, 1.165) is 136 Å². The van der Waals surface area contributed by atoms with E-state index in [2.05, 4.69) is 71.8 Å². The van der Waals surface area contributed by atoms with Crippen molar-refractivity contribution in [3.8, 4) is 5.75 Å². The summed E-state index contributed by atoms with van der Waals surface area (Å²) in [7, 11) is 4.49. The van der Waals surface area contributed by atoms with Gasteiger partial charge >= 0.3 is 42.3 Å². The summed E-state index contributed by atoms with van der Waals surface area (Å²) in [5.41, 5.74) is -1.50. The zero-order chi connectivity index (χ0) is 108. The Morgan fingerprint density at radius 3 is 0.879 bits per heavy atom. The van der Waals surface area contributed by atoms with Crippen LogP contribution in [-0.2, 0) is 90.9 Å². The van der Waals surface area contributed by atoms with Crippen molar-refractivity contribution in [2.75, 3.05) is 263 Å². The third-order valence-corrected chi connectivity index (χ3v) is 29.5. The minimum Gasteiger partial charge on any atom is -0.497 e. The number of halogens is 4. The maximum Gasteiger partial charge on any atom is 0.410 e. The summed E-state index contributed by atoms with van der Waals surface area (Å²) in [4.78, 5) is 144. The number of nitrogens with zero attached hydrogens (tertiary/aromatic N) is 14. The van der Waals surface area contributed by atoms with Crippen LogP contribution < -0.4 is 10.1 Å². The van der Waals surface area contributed by atoms with Crippen molar-refractivity contribution in [3.63, 3.8) is 0 Å². The number of carbonyl (C=O) groups excluding carboxylic acids is 9. The fourth-order valence-electron chi connectivity index (χ4n) is 18.2. The Hall–Kier alpha value is -6.34. The number of piperazine rings is 3. The maximum absolute atomic E-state index is 13.3. The van der Waals surface area contributed by atoms with Gasteiger partial charge in [0.05, 0.1) is 75.8 Å². The molecule has 0 aromatic heterocycles. The van der Waals surface area contributed by atoms with Gasteiger partial charge in [0.1, 0.15) is 77.7 Å². The van der Waals surface area contributed by atoms with Crippen molar-refractivity contribution < 1.29 is 123 Å². The van der Waals surface area contributed by atoms with E-state index < -0.39 is 50.0 Å². The predicted molar refractivity (Wildman–Crippen MR) is 579 cm³/mol. The quantitative estimate of drug-likeness (QED) is 0.0399. The molecule has 1 aromatic carbocycles. The molecule has 12 aliphatic rings. The lowest BCUT2D eigenvalue weighted by Crippen LogP contribution is -2.55. The van der Waals surface area contributed by atoms with Gasteiger partial charge < -0.3 is 121 Å². The molecule has 1 aromatic rings. The number of rotatable bonds is 28. The largest absolute Gasteiger partial charge is 0.497 e. The summed E-state index contributed by atoms with van der Waals surface area (Å²) in [6, 6.07) is 5.62. The lowest BCUT2D eigenvalue weighted by atomic mass is 10.0. The van der Waals surface area contributed by atoms with Crippen molar-refractivity contribution in [3.05, 3.63) is 23.3 Å². The monoisotopic (exact) mass is 2260 g/mol. The normalized spacial score (nSPS) is 22.1. The number of nitrogens with one attached hydrogen (secondary N) is 1. The average Bonchev–Trinajstić information content (AvgIpc) is 0.751. The second kappa shape index (κ2) is 63.8. The standard InChI is InChI=1S/C25H40N4O5S.C21H38N4O4.C16H30N4O2.C15H27NO5.C11H19NO5.C9H17NO3.C6H11BrO2.3ClH/c1-19-15-23(33-4)16-20(2)25(19)35(31,32)29-10-7-22(29)17-34-18-24(30)28-13-11-27(12-14-28)21-5-8-26(3)9-6-21;1-21(2,3)29-20(27)25-10-7-18(25)15-28-16-19(26)24-13-11-23(12-14-24)17-5-8-22(4)9-6-17;1-18-6-3-15(4-7-18)19-8-10-20(11-9-19)16(21)13-22-12-14-2-5-17-14;1-14(2,3)20-12(17)10-19-9-11-7-8-16(11)13(18)21-15(4,5)6;1-11(2,3)17-10(15)12-5-4-8(12)6-16-7-9(13)14;1-9(2,3)13-8(12)10-5-4-7(10)6-11;1-6(2,3)9-5(8)4-7;;;/h15-16,21-22H,5-14,17-18H2,1-4H3;17-18H,5-16H2,1-4H3;14-15,17H,2-13H2,1H3;11H,7-10H2,1-6H3;8H,4-7H2,1-3H3,(H,13,14);7,11H,4-6H2,1-3H3;4H2,1-3H3;3*1H/t22-;18-;14-;11-;8-;7-;;;;/m000000..../s1. The molecule has 3 N–H and O–H groups in total. The highest BCUT2D eigenvalue weighted by molar-refractivity contribution is 9.09. The van der Waals surface area contributed by atoms with Crippen LogP contribution in [0.15, 0.2) is 17.0 Å². The number of aliphatic hydroxyl groups excluding tert-OH is 1. The molecule has 149 heavy (non-hydrogen) atoms. The highest BCUT2D eigenvalue weighted by Crippen LogP contribution is 2.35. The van der Waals surface area contributed by atoms with E-state index in [4.69, 9.17) is 67.1 Å². The number of ether oxygens (including phenoxy) is 12. The lowest BCUT2D eigenvalue weighted by Gasteiger charge is -2.42. The maximum atomic E-state index is 13.3. The molecule has 0 radical (unpaired) electrons. The van der Waals surface area contributed by atoms with E-state index in [1.54, 1.807) is 94.2 Å². The van der Waals surface area contributed by atoms with Crippen LogP contribution in [0.25, 0.3) is 0 Å². The number of aliphatic hydroxyl groups is 1. The Balaban J connectivity index is 0.000000373. The number of esters is 2. The van der Waals surface area contributed by atoms with Gasteiger partial charge in [-0.05, 0) is 306 Å². The van der Waals surface area contributed by atoms with Crippen molar-refractivity contribution >= 4 is 123 Å².